The van der Waals surface area contributed by atoms with Crippen molar-refractivity contribution in [3.05, 3.63) is 63.1 Å². The lowest BCUT2D eigenvalue weighted by molar-refractivity contribution is 0.0931. The van der Waals surface area contributed by atoms with Gasteiger partial charge in [-0.1, -0.05) is 24.3 Å². The fraction of sp³-hybridized carbons (Fsp3) is 0.400. The fourth-order valence-corrected chi connectivity index (χ4v) is 4.08. The van der Waals surface area contributed by atoms with Crippen LogP contribution in [0.25, 0.3) is 0 Å². The maximum absolute atomic E-state index is 13.1. The van der Waals surface area contributed by atoms with Crippen molar-refractivity contribution >= 4 is 5.91 Å². The molecule has 1 amide bonds. The standard InChI is InChI=1S/C20H22N2O3/c1-25-17-12-18(23)22-11-5-4-8-16(22)19(17)20(24)21-15-10-9-13-6-2-3-7-14(13)15/h2-3,6-7,12,15H,4-5,8-11H2,1H3,(H,21,24). The summed E-state index contributed by atoms with van der Waals surface area (Å²) in [5, 5.41) is 3.16. The Kier molecular flexibility index (Phi) is 4.07. The molecule has 1 aromatic heterocycles. The molecule has 130 valence electrons. The van der Waals surface area contributed by atoms with Crippen molar-refractivity contribution in [3.63, 3.8) is 0 Å². The Morgan fingerprint density at radius 2 is 2.08 bits per heavy atom. The van der Waals surface area contributed by atoms with Gasteiger partial charge in [0.2, 0.25) is 0 Å². The van der Waals surface area contributed by atoms with Crippen LogP contribution in [-0.4, -0.2) is 17.6 Å². The van der Waals surface area contributed by atoms with E-state index in [0.29, 0.717) is 17.9 Å². The molecular formula is C20H22N2O3. The zero-order valence-electron chi connectivity index (χ0n) is 14.4. The minimum Gasteiger partial charge on any atom is -0.496 e. The zero-order chi connectivity index (χ0) is 17.4. The van der Waals surface area contributed by atoms with E-state index in [2.05, 4.69) is 17.4 Å². The van der Waals surface area contributed by atoms with Gasteiger partial charge >= 0.3 is 0 Å². The lowest BCUT2D eigenvalue weighted by Crippen LogP contribution is -2.34. The van der Waals surface area contributed by atoms with Gasteiger partial charge in [0.25, 0.3) is 11.5 Å². The number of nitrogens with one attached hydrogen (secondary N) is 1. The van der Waals surface area contributed by atoms with Crippen LogP contribution in [0.2, 0.25) is 0 Å². The average molecular weight is 338 g/mol. The molecule has 1 N–H and O–H groups in total. The van der Waals surface area contributed by atoms with Gasteiger partial charge in [0, 0.05) is 18.3 Å². The summed E-state index contributed by atoms with van der Waals surface area (Å²) in [7, 11) is 1.51. The summed E-state index contributed by atoms with van der Waals surface area (Å²) in [5.41, 5.74) is 3.72. The number of hydrogen-bond donors (Lipinski definition) is 1. The molecule has 1 atom stereocenters. The summed E-state index contributed by atoms with van der Waals surface area (Å²) in [5.74, 6) is 0.228. The molecule has 0 fully saturated rings. The number of carbonyl (C=O) groups excluding carboxylic acids is 1. The van der Waals surface area contributed by atoms with Crippen molar-refractivity contribution < 1.29 is 9.53 Å². The van der Waals surface area contributed by atoms with Crippen LogP contribution in [0.3, 0.4) is 0 Å². The molecule has 0 saturated heterocycles. The van der Waals surface area contributed by atoms with E-state index >= 15 is 0 Å². The van der Waals surface area contributed by atoms with E-state index in [1.54, 1.807) is 4.57 Å². The van der Waals surface area contributed by atoms with E-state index in [1.165, 1.54) is 24.3 Å². The van der Waals surface area contributed by atoms with Crippen LogP contribution in [0.5, 0.6) is 5.75 Å². The van der Waals surface area contributed by atoms with Crippen molar-refractivity contribution in [1.29, 1.82) is 0 Å². The molecule has 0 spiro atoms. The first-order chi connectivity index (χ1) is 12.2. The largest absolute Gasteiger partial charge is 0.496 e. The Morgan fingerprint density at radius 1 is 1.24 bits per heavy atom. The molecule has 2 aliphatic rings. The number of aromatic nitrogens is 1. The number of benzene rings is 1. The minimum atomic E-state index is -0.149. The molecule has 0 radical (unpaired) electrons. The minimum absolute atomic E-state index is 0.0181. The molecule has 4 rings (SSSR count). The van der Waals surface area contributed by atoms with Crippen LogP contribution in [-0.2, 0) is 19.4 Å². The molecule has 1 unspecified atom stereocenters. The first kappa shape index (κ1) is 15.9. The number of aryl methyl sites for hydroxylation is 1. The first-order valence-electron chi connectivity index (χ1n) is 8.88. The Balaban J connectivity index is 1.70. The van der Waals surface area contributed by atoms with E-state index in [1.807, 2.05) is 12.1 Å². The van der Waals surface area contributed by atoms with Gasteiger partial charge in [0.1, 0.15) is 11.3 Å². The SMILES string of the molecule is COc1cc(=O)n2c(c1C(=O)NC1CCc3ccccc31)CCCC2. The van der Waals surface area contributed by atoms with Gasteiger partial charge < -0.3 is 14.6 Å². The van der Waals surface area contributed by atoms with E-state index in [0.717, 1.165) is 37.8 Å². The maximum atomic E-state index is 13.1. The van der Waals surface area contributed by atoms with Crippen LogP contribution in [0.1, 0.15) is 52.5 Å². The Labute approximate surface area is 146 Å². The molecule has 0 saturated carbocycles. The molecule has 2 aromatic rings. The topological polar surface area (TPSA) is 60.3 Å². The third kappa shape index (κ3) is 2.73. The van der Waals surface area contributed by atoms with Gasteiger partial charge in [-0.3, -0.25) is 9.59 Å². The highest BCUT2D eigenvalue weighted by Gasteiger charge is 2.28. The molecule has 5 heteroatoms. The van der Waals surface area contributed by atoms with Gasteiger partial charge in [-0.2, -0.15) is 0 Å². The third-order valence-corrected chi connectivity index (χ3v) is 5.31. The number of rotatable bonds is 3. The van der Waals surface area contributed by atoms with Crippen molar-refractivity contribution in [2.24, 2.45) is 0 Å². The van der Waals surface area contributed by atoms with Crippen molar-refractivity contribution in [3.8, 4) is 5.75 Å². The van der Waals surface area contributed by atoms with Gasteiger partial charge in [-0.05, 0) is 43.2 Å². The smallest absolute Gasteiger partial charge is 0.257 e. The van der Waals surface area contributed by atoms with E-state index in [4.69, 9.17) is 4.74 Å². The molecule has 5 nitrogen and oxygen atoms in total. The van der Waals surface area contributed by atoms with Crippen molar-refractivity contribution in [2.45, 2.75) is 44.7 Å². The highest BCUT2D eigenvalue weighted by atomic mass is 16.5. The number of nitrogens with zero attached hydrogens (tertiary/aromatic N) is 1. The molecule has 0 bridgehead atoms. The van der Waals surface area contributed by atoms with E-state index in [9.17, 15) is 9.59 Å². The van der Waals surface area contributed by atoms with Gasteiger partial charge in [0.05, 0.1) is 13.2 Å². The number of ether oxygens (including phenoxy) is 1. The lowest BCUT2D eigenvalue weighted by atomic mass is 10.0. The molecular weight excluding hydrogens is 316 g/mol. The Hall–Kier alpha value is -2.56. The second kappa shape index (κ2) is 6.39. The average Bonchev–Trinajstić information content (AvgIpc) is 3.04. The summed E-state index contributed by atoms with van der Waals surface area (Å²) >= 11 is 0. The van der Waals surface area contributed by atoms with Crippen LogP contribution in [0.15, 0.2) is 35.1 Å². The van der Waals surface area contributed by atoms with Crippen LogP contribution in [0.4, 0.5) is 0 Å². The monoisotopic (exact) mass is 338 g/mol. The van der Waals surface area contributed by atoms with Gasteiger partial charge in [-0.25, -0.2) is 0 Å². The maximum Gasteiger partial charge on any atom is 0.257 e. The summed E-state index contributed by atoms with van der Waals surface area (Å²) < 4.78 is 7.10. The first-order valence-corrected chi connectivity index (χ1v) is 8.88. The zero-order valence-corrected chi connectivity index (χ0v) is 14.4. The highest BCUT2D eigenvalue weighted by Crippen LogP contribution is 2.32. The molecule has 1 aliphatic carbocycles. The predicted octanol–water partition coefficient (Wildman–Crippen LogP) is 2.61. The number of carbonyl (C=O) groups is 1. The van der Waals surface area contributed by atoms with E-state index in [-0.39, 0.29) is 17.5 Å². The molecule has 1 aromatic carbocycles. The highest BCUT2D eigenvalue weighted by molar-refractivity contribution is 5.98. The second-order valence-corrected chi connectivity index (χ2v) is 6.74. The van der Waals surface area contributed by atoms with Crippen LogP contribution in [0, 0.1) is 0 Å². The fourth-order valence-electron chi connectivity index (χ4n) is 4.08. The number of fused-ring (bicyclic) bond motifs is 2. The molecule has 25 heavy (non-hydrogen) atoms. The second-order valence-electron chi connectivity index (χ2n) is 6.74. The number of pyridine rings is 1. The van der Waals surface area contributed by atoms with E-state index < -0.39 is 0 Å². The van der Waals surface area contributed by atoms with Crippen LogP contribution >= 0.6 is 0 Å². The Bertz CT molecular complexity index is 885. The Morgan fingerprint density at radius 3 is 2.92 bits per heavy atom. The van der Waals surface area contributed by atoms with Crippen LogP contribution < -0.4 is 15.6 Å². The number of methoxy groups -OCH3 is 1. The predicted molar refractivity (Wildman–Crippen MR) is 95.2 cm³/mol. The number of amides is 1. The summed E-state index contributed by atoms with van der Waals surface area (Å²) in [6.45, 7) is 0.671. The summed E-state index contributed by atoms with van der Waals surface area (Å²) in [4.78, 5) is 25.3. The van der Waals surface area contributed by atoms with Gasteiger partial charge in [-0.15, -0.1) is 0 Å². The molecule has 1 aliphatic heterocycles. The molecule has 2 heterocycles. The number of hydrogen-bond acceptors (Lipinski definition) is 3. The lowest BCUT2D eigenvalue weighted by Gasteiger charge is -2.23. The van der Waals surface area contributed by atoms with Gasteiger partial charge in [0.15, 0.2) is 0 Å². The normalized spacial score (nSPS) is 18.4. The summed E-state index contributed by atoms with van der Waals surface area (Å²) in [6.07, 6.45) is 4.57. The third-order valence-electron chi connectivity index (χ3n) is 5.31. The van der Waals surface area contributed by atoms with Crippen molar-refractivity contribution in [2.75, 3.05) is 7.11 Å². The quantitative estimate of drug-likeness (QED) is 0.936. The van der Waals surface area contributed by atoms with Crippen molar-refractivity contribution in [1.82, 2.24) is 9.88 Å². The summed E-state index contributed by atoms with van der Waals surface area (Å²) in [6, 6.07) is 9.69.